The average molecular weight is 250 g/mol. The summed E-state index contributed by atoms with van der Waals surface area (Å²) in [5.74, 6) is -2.22. The van der Waals surface area contributed by atoms with Crippen LogP contribution in [0, 0.1) is 11.6 Å². The summed E-state index contributed by atoms with van der Waals surface area (Å²) in [6.07, 6.45) is 1.28. The maximum atomic E-state index is 13.3. The number of amides is 1. The topological polar surface area (TPSA) is 65.2 Å². The van der Waals surface area contributed by atoms with Crippen LogP contribution < -0.4 is 10.5 Å². The molecular weight excluding hydrogens is 242 g/mol. The molecule has 0 radical (unpaired) electrons. The Morgan fingerprint density at radius 2 is 2.00 bits per heavy atom. The van der Waals surface area contributed by atoms with Gasteiger partial charge in [0.2, 0.25) is 0 Å². The number of hydrogen-bond acceptors (Lipinski definition) is 3. The number of carbonyl (C=O) groups is 1. The molecule has 0 aliphatic carbocycles. The summed E-state index contributed by atoms with van der Waals surface area (Å²) in [5.41, 5.74) is 5.02. The third-order valence-corrected chi connectivity index (χ3v) is 2.10. The van der Waals surface area contributed by atoms with Crippen LogP contribution in [-0.2, 0) is 0 Å². The van der Waals surface area contributed by atoms with Crippen molar-refractivity contribution in [1.29, 1.82) is 0 Å². The van der Waals surface area contributed by atoms with Crippen molar-refractivity contribution in [3.05, 3.63) is 53.9 Å². The lowest BCUT2D eigenvalue weighted by molar-refractivity contribution is 0.0995. The van der Waals surface area contributed by atoms with Gasteiger partial charge in [0.25, 0.3) is 5.91 Å². The Hall–Kier alpha value is -2.50. The Morgan fingerprint density at radius 3 is 2.72 bits per heavy atom. The minimum Gasteiger partial charge on any atom is -0.454 e. The second kappa shape index (κ2) is 4.79. The molecule has 6 heteroatoms. The van der Waals surface area contributed by atoms with Gasteiger partial charge in [-0.05, 0) is 18.2 Å². The van der Waals surface area contributed by atoms with Crippen LogP contribution in [0.2, 0.25) is 0 Å². The molecule has 0 bridgehead atoms. The molecule has 0 saturated heterocycles. The minimum absolute atomic E-state index is 0.0238. The molecule has 1 amide bonds. The van der Waals surface area contributed by atoms with Crippen LogP contribution in [0.3, 0.4) is 0 Å². The van der Waals surface area contributed by atoms with Crippen molar-refractivity contribution in [2.45, 2.75) is 0 Å². The molecule has 2 aromatic rings. The zero-order chi connectivity index (χ0) is 13.1. The fraction of sp³-hybridized carbons (Fsp3) is 0. The molecule has 1 aromatic heterocycles. The van der Waals surface area contributed by atoms with E-state index in [1.807, 2.05) is 0 Å². The number of carbonyl (C=O) groups excluding carboxylic acids is 1. The van der Waals surface area contributed by atoms with Gasteiger partial charge >= 0.3 is 0 Å². The average Bonchev–Trinajstić information content (AvgIpc) is 2.34. The Kier molecular flexibility index (Phi) is 3.18. The number of nitrogens with two attached hydrogens (primary N) is 1. The molecule has 2 N–H and O–H groups in total. The predicted octanol–water partition coefficient (Wildman–Crippen LogP) is 2.25. The van der Waals surface area contributed by atoms with Crippen molar-refractivity contribution in [1.82, 2.24) is 4.98 Å². The lowest BCUT2D eigenvalue weighted by Gasteiger charge is -2.07. The second-order valence-corrected chi connectivity index (χ2v) is 3.42. The molecule has 0 unspecified atom stereocenters. The lowest BCUT2D eigenvalue weighted by atomic mass is 10.3. The molecular formula is C12H8F2N2O2. The molecule has 92 valence electrons. The number of ether oxygens (including phenoxy) is 1. The quantitative estimate of drug-likeness (QED) is 0.908. The van der Waals surface area contributed by atoms with Gasteiger partial charge in [-0.25, -0.2) is 8.78 Å². The van der Waals surface area contributed by atoms with Gasteiger partial charge < -0.3 is 10.5 Å². The zero-order valence-corrected chi connectivity index (χ0v) is 9.06. The fourth-order valence-electron chi connectivity index (χ4n) is 1.29. The molecule has 0 aliphatic rings. The first-order valence-corrected chi connectivity index (χ1v) is 4.95. The molecule has 0 spiro atoms. The Morgan fingerprint density at radius 1 is 1.22 bits per heavy atom. The summed E-state index contributed by atoms with van der Waals surface area (Å²) in [6, 6.07) is 5.47. The number of benzene rings is 1. The first kappa shape index (κ1) is 12.0. The van der Waals surface area contributed by atoms with Crippen LogP contribution in [0.15, 0.2) is 36.5 Å². The molecule has 0 saturated carbocycles. The van der Waals surface area contributed by atoms with Crippen LogP contribution in [0.25, 0.3) is 0 Å². The van der Waals surface area contributed by atoms with Crippen molar-refractivity contribution >= 4 is 5.91 Å². The van der Waals surface area contributed by atoms with E-state index >= 15 is 0 Å². The van der Waals surface area contributed by atoms with E-state index in [1.54, 1.807) is 0 Å². The van der Waals surface area contributed by atoms with Gasteiger partial charge in [-0.15, -0.1) is 0 Å². The molecule has 0 atom stereocenters. The third kappa shape index (κ3) is 2.60. The van der Waals surface area contributed by atoms with Gasteiger partial charge in [-0.3, -0.25) is 9.78 Å². The molecule has 0 fully saturated rings. The molecule has 1 aromatic carbocycles. The van der Waals surface area contributed by atoms with Crippen LogP contribution in [0.5, 0.6) is 11.5 Å². The maximum Gasteiger partial charge on any atom is 0.267 e. The number of pyridine rings is 1. The van der Waals surface area contributed by atoms with Crippen LogP contribution in [0.4, 0.5) is 8.78 Å². The van der Waals surface area contributed by atoms with Gasteiger partial charge in [0.15, 0.2) is 11.6 Å². The number of aromatic nitrogens is 1. The summed E-state index contributed by atoms with van der Waals surface area (Å²) in [5, 5.41) is 0. The van der Waals surface area contributed by atoms with E-state index in [0.29, 0.717) is 0 Å². The smallest absolute Gasteiger partial charge is 0.267 e. The summed E-state index contributed by atoms with van der Waals surface area (Å²) < 4.78 is 31.4. The van der Waals surface area contributed by atoms with E-state index in [4.69, 9.17) is 10.5 Å². The summed E-state index contributed by atoms with van der Waals surface area (Å²) >= 11 is 0. The highest BCUT2D eigenvalue weighted by Gasteiger charge is 2.08. The van der Waals surface area contributed by atoms with E-state index in [-0.39, 0.29) is 17.2 Å². The largest absolute Gasteiger partial charge is 0.454 e. The number of rotatable bonds is 3. The van der Waals surface area contributed by atoms with Crippen LogP contribution in [-0.4, -0.2) is 10.9 Å². The van der Waals surface area contributed by atoms with Crippen molar-refractivity contribution in [2.24, 2.45) is 5.73 Å². The van der Waals surface area contributed by atoms with Gasteiger partial charge in [0.1, 0.15) is 17.3 Å². The number of halogens is 2. The minimum atomic E-state index is -0.736. The lowest BCUT2D eigenvalue weighted by Crippen LogP contribution is -2.12. The molecule has 0 aliphatic heterocycles. The van der Waals surface area contributed by atoms with Gasteiger partial charge in [-0.1, -0.05) is 0 Å². The Labute approximate surface area is 101 Å². The van der Waals surface area contributed by atoms with E-state index in [2.05, 4.69) is 4.98 Å². The standard InChI is InChI=1S/C12H8F2N2O2/c13-7-1-2-9(14)11(5-7)18-8-3-4-16-10(6-8)12(15)17/h1-6H,(H2,15,17). The monoisotopic (exact) mass is 250 g/mol. The van der Waals surface area contributed by atoms with Crippen molar-refractivity contribution < 1.29 is 18.3 Å². The third-order valence-electron chi connectivity index (χ3n) is 2.10. The molecule has 2 rings (SSSR count). The maximum absolute atomic E-state index is 13.3. The normalized spacial score (nSPS) is 10.1. The molecule has 1 heterocycles. The Balaban J connectivity index is 2.31. The van der Waals surface area contributed by atoms with Gasteiger partial charge in [0.05, 0.1) is 0 Å². The van der Waals surface area contributed by atoms with Crippen LogP contribution in [0.1, 0.15) is 10.5 Å². The first-order chi connectivity index (χ1) is 8.56. The van der Waals surface area contributed by atoms with Crippen molar-refractivity contribution in [3.8, 4) is 11.5 Å². The highest BCUT2D eigenvalue weighted by molar-refractivity contribution is 5.91. The fourth-order valence-corrected chi connectivity index (χ4v) is 1.29. The molecule has 18 heavy (non-hydrogen) atoms. The zero-order valence-electron chi connectivity index (χ0n) is 9.06. The summed E-state index contributed by atoms with van der Waals surface area (Å²) in [6.45, 7) is 0. The first-order valence-electron chi connectivity index (χ1n) is 4.95. The van der Waals surface area contributed by atoms with E-state index in [0.717, 1.165) is 18.2 Å². The van der Waals surface area contributed by atoms with Gasteiger partial charge in [-0.2, -0.15) is 0 Å². The number of primary amides is 1. The predicted molar refractivity (Wildman–Crippen MR) is 59.2 cm³/mol. The van der Waals surface area contributed by atoms with E-state index in [9.17, 15) is 13.6 Å². The molecule has 4 nitrogen and oxygen atoms in total. The number of hydrogen-bond donors (Lipinski definition) is 1. The Bertz CT molecular complexity index is 602. The highest BCUT2D eigenvalue weighted by atomic mass is 19.1. The number of nitrogens with zero attached hydrogens (tertiary/aromatic N) is 1. The summed E-state index contributed by atoms with van der Waals surface area (Å²) in [7, 11) is 0. The SMILES string of the molecule is NC(=O)c1cc(Oc2cc(F)ccc2F)ccn1. The second-order valence-electron chi connectivity index (χ2n) is 3.42. The van der Waals surface area contributed by atoms with Crippen molar-refractivity contribution in [3.63, 3.8) is 0 Å². The summed E-state index contributed by atoms with van der Waals surface area (Å²) in [4.78, 5) is 14.6. The van der Waals surface area contributed by atoms with E-state index < -0.39 is 17.5 Å². The van der Waals surface area contributed by atoms with Gasteiger partial charge in [0, 0.05) is 18.3 Å². The highest BCUT2D eigenvalue weighted by Crippen LogP contribution is 2.25. The van der Waals surface area contributed by atoms with Crippen LogP contribution >= 0.6 is 0 Å². The van der Waals surface area contributed by atoms with Crippen molar-refractivity contribution in [2.75, 3.05) is 0 Å². The van der Waals surface area contributed by atoms with E-state index in [1.165, 1.54) is 18.3 Å².